The lowest BCUT2D eigenvalue weighted by atomic mass is 10.1. The Labute approximate surface area is 179 Å². The largest absolute Gasteiger partial charge is 0.453 e. The lowest BCUT2D eigenvalue weighted by molar-refractivity contribution is 0.186. The summed E-state index contributed by atoms with van der Waals surface area (Å²) < 4.78 is 45.2. The summed E-state index contributed by atoms with van der Waals surface area (Å²) in [5, 5.41) is 6.47. The Morgan fingerprint density at radius 2 is 1.90 bits per heavy atom. The second kappa shape index (κ2) is 9.13. The summed E-state index contributed by atoms with van der Waals surface area (Å²) >= 11 is 5.68. The van der Waals surface area contributed by atoms with Gasteiger partial charge >= 0.3 is 12.1 Å². The van der Waals surface area contributed by atoms with E-state index in [-0.39, 0.29) is 23.7 Å². The minimum atomic E-state index is -1.70. The van der Waals surface area contributed by atoms with Crippen molar-refractivity contribution in [3.63, 3.8) is 0 Å². The van der Waals surface area contributed by atoms with Gasteiger partial charge in [-0.3, -0.25) is 5.32 Å². The van der Waals surface area contributed by atoms with Crippen molar-refractivity contribution >= 4 is 46.4 Å². The average molecular weight is 456 g/mol. The third-order valence-corrected chi connectivity index (χ3v) is 4.75. The van der Waals surface area contributed by atoms with Crippen LogP contribution in [0.4, 0.5) is 34.4 Å². The third-order valence-electron chi connectivity index (χ3n) is 4.39. The van der Waals surface area contributed by atoms with Crippen LogP contribution < -0.4 is 16.0 Å². The van der Waals surface area contributed by atoms with E-state index in [2.05, 4.69) is 30.7 Å². The van der Waals surface area contributed by atoms with Gasteiger partial charge in [-0.15, -0.1) is 0 Å². The average Bonchev–Trinajstić information content (AvgIpc) is 3.15. The smallest absolute Gasteiger partial charge is 0.413 e. The zero-order chi connectivity index (χ0) is 22.7. The summed E-state index contributed by atoms with van der Waals surface area (Å²) in [5.41, 5.74) is 1.45. The second-order valence-corrected chi connectivity index (χ2v) is 6.82. The van der Waals surface area contributed by atoms with Crippen molar-refractivity contribution in [2.24, 2.45) is 0 Å². The predicted octanol–water partition coefficient (Wildman–Crippen LogP) is 4.48. The predicted molar refractivity (Wildman–Crippen MR) is 109 cm³/mol. The van der Waals surface area contributed by atoms with E-state index in [1.54, 1.807) is 18.2 Å². The number of aromatic amines is 1. The van der Waals surface area contributed by atoms with Gasteiger partial charge in [-0.25, -0.2) is 27.7 Å². The highest BCUT2D eigenvalue weighted by atomic mass is 35.5. The van der Waals surface area contributed by atoms with E-state index in [0.717, 1.165) is 5.56 Å². The number of urea groups is 1. The standard InChI is InChI=1S/C19H17ClF3N5O3/c1-8-13(21)15(23)14(22)12(20)16(8)27-18(29)24-6-5-9-3-4-10-11(7-9)26-17(25-10)28-19(30)31-2/h3-4,7H,5-6H2,1-2H3,(H2,24,27,29)(H2,25,26,28,30). The van der Waals surface area contributed by atoms with E-state index in [1.165, 1.54) is 14.0 Å². The van der Waals surface area contributed by atoms with E-state index < -0.39 is 34.6 Å². The summed E-state index contributed by atoms with van der Waals surface area (Å²) in [6.45, 7) is 1.35. The quantitative estimate of drug-likeness (QED) is 0.336. The Kier molecular flexibility index (Phi) is 6.54. The molecule has 0 fully saturated rings. The van der Waals surface area contributed by atoms with E-state index >= 15 is 0 Å². The molecule has 0 spiro atoms. The first-order valence-corrected chi connectivity index (χ1v) is 9.30. The molecule has 12 heteroatoms. The molecule has 0 saturated heterocycles. The first-order chi connectivity index (χ1) is 14.7. The fraction of sp³-hybridized carbons (Fsp3) is 0.211. The van der Waals surface area contributed by atoms with Crippen molar-refractivity contribution in [1.82, 2.24) is 15.3 Å². The van der Waals surface area contributed by atoms with Crippen LogP contribution in [0.25, 0.3) is 11.0 Å². The van der Waals surface area contributed by atoms with Gasteiger partial charge in [-0.05, 0) is 31.0 Å². The molecule has 2 aromatic carbocycles. The molecule has 8 nitrogen and oxygen atoms in total. The Morgan fingerprint density at radius 3 is 2.61 bits per heavy atom. The van der Waals surface area contributed by atoms with Gasteiger partial charge in [-0.1, -0.05) is 17.7 Å². The summed E-state index contributed by atoms with van der Waals surface area (Å²) in [6.07, 6.45) is -0.244. The number of imidazole rings is 1. The van der Waals surface area contributed by atoms with Gasteiger partial charge in [0.25, 0.3) is 0 Å². The maximum Gasteiger partial charge on any atom is 0.413 e. The molecule has 1 aromatic heterocycles. The monoisotopic (exact) mass is 455 g/mol. The number of carbonyl (C=O) groups excluding carboxylic acids is 2. The molecule has 0 aliphatic heterocycles. The minimum absolute atomic E-state index is 0.182. The highest BCUT2D eigenvalue weighted by Crippen LogP contribution is 2.33. The Bertz CT molecular complexity index is 1140. The number of nitrogens with zero attached hydrogens (tertiary/aromatic N) is 1. The fourth-order valence-corrected chi connectivity index (χ4v) is 3.06. The van der Waals surface area contributed by atoms with Gasteiger partial charge < -0.3 is 20.4 Å². The number of nitrogens with one attached hydrogen (secondary N) is 4. The molecular weight excluding hydrogens is 439 g/mol. The van der Waals surface area contributed by atoms with Crippen LogP contribution in [0.15, 0.2) is 18.2 Å². The van der Waals surface area contributed by atoms with Crippen LogP contribution in [0.2, 0.25) is 5.02 Å². The number of amides is 3. The number of hydrogen-bond donors (Lipinski definition) is 4. The molecule has 0 radical (unpaired) electrons. The Hall–Kier alpha value is -3.47. The van der Waals surface area contributed by atoms with Crippen LogP contribution in [-0.4, -0.2) is 35.7 Å². The van der Waals surface area contributed by atoms with Crippen molar-refractivity contribution in [2.75, 3.05) is 24.3 Å². The molecule has 3 rings (SSSR count). The molecular formula is C19H17ClF3N5O3. The van der Waals surface area contributed by atoms with E-state index in [4.69, 9.17) is 11.6 Å². The highest BCUT2D eigenvalue weighted by molar-refractivity contribution is 6.34. The number of benzene rings is 2. The number of aromatic nitrogens is 2. The van der Waals surface area contributed by atoms with Gasteiger partial charge in [0, 0.05) is 12.1 Å². The number of methoxy groups -OCH3 is 1. The molecule has 0 bridgehead atoms. The maximum atomic E-state index is 13.7. The van der Waals surface area contributed by atoms with Gasteiger partial charge in [0.1, 0.15) is 5.02 Å². The third kappa shape index (κ3) is 4.82. The van der Waals surface area contributed by atoms with Crippen molar-refractivity contribution in [2.45, 2.75) is 13.3 Å². The zero-order valence-electron chi connectivity index (χ0n) is 16.3. The number of hydrogen-bond acceptors (Lipinski definition) is 4. The van der Waals surface area contributed by atoms with Crippen molar-refractivity contribution < 1.29 is 27.5 Å². The molecule has 0 unspecified atom stereocenters. The highest BCUT2D eigenvalue weighted by Gasteiger charge is 2.22. The molecule has 0 aliphatic carbocycles. The first kappa shape index (κ1) is 22.2. The van der Waals surface area contributed by atoms with Gasteiger partial charge in [-0.2, -0.15) is 0 Å². The summed E-state index contributed by atoms with van der Waals surface area (Å²) in [6, 6.07) is 4.55. The molecule has 4 N–H and O–H groups in total. The molecule has 0 saturated carbocycles. The number of ether oxygens (including phenoxy) is 1. The van der Waals surface area contributed by atoms with E-state index in [1.807, 2.05) is 0 Å². The number of fused-ring (bicyclic) bond motifs is 1. The van der Waals surface area contributed by atoms with Gasteiger partial charge in [0.2, 0.25) is 5.95 Å². The van der Waals surface area contributed by atoms with Crippen LogP contribution in [0.5, 0.6) is 0 Å². The molecule has 3 aromatic rings. The number of H-pyrrole nitrogens is 1. The van der Waals surface area contributed by atoms with Crippen LogP contribution in [0.1, 0.15) is 11.1 Å². The zero-order valence-corrected chi connectivity index (χ0v) is 17.1. The van der Waals surface area contributed by atoms with Crippen LogP contribution >= 0.6 is 11.6 Å². The molecule has 31 heavy (non-hydrogen) atoms. The van der Waals surface area contributed by atoms with Gasteiger partial charge in [0.15, 0.2) is 17.5 Å². The lowest BCUT2D eigenvalue weighted by Gasteiger charge is -2.13. The maximum absolute atomic E-state index is 13.7. The molecule has 1 heterocycles. The summed E-state index contributed by atoms with van der Waals surface area (Å²) in [7, 11) is 1.23. The van der Waals surface area contributed by atoms with Crippen LogP contribution in [-0.2, 0) is 11.2 Å². The Morgan fingerprint density at radius 1 is 1.16 bits per heavy atom. The molecule has 3 amide bonds. The fourth-order valence-electron chi connectivity index (χ4n) is 2.79. The molecule has 0 atom stereocenters. The van der Waals surface area contributed by atoms with Crippen molar-refractivity contribution in [3.8, 4) is 0 Å². The second-order valence-electron chi connectivity index (χ2n) is 6.44. The minimum Gasteiger partial charge on any atom is -0.453 e. The Balaban J connectivity index is 1.61. The number of rotatable bonds is 5. The molecule has 164 valence electrons. The van der Waals surface area contributed by atoms with Gasteiger partial charge in [0.05, 0.1) is 23.8 Å². The van der Waals surface area contributed by atoms with Crippen molar-refractivity contribution in [1.29, 1.82) is 0 Å². The van der Waals surface area contributed by atoms with Crippen LogP contribution in [0, 0.1) is 24.4 Å². The number of halogens is 4. The van der Waals surface area contributed by atoms with E-state index in [0.29, 0.717) is 17.5 Å². The van der Waals surface area contributed by atoms with Crippen molar-refractivity contribution in [3.05, 3.63) is 51.8 Å². The van der Waals surface area contributed by atoms with Crippen LogP contribution in [0.3, 0.4) is 0 Å². The summed E-state index contributed by atoms with van der Waals surface area (Å²) in [5.74, 6) is -4.48. The molecule has 0 aliphatic rings. The topological polar surface area (TPSA) is 108 Å². The first-order valence-electron chi connectivity index (χ1n) is 8.92. The number of anilines is 2. The van der Waals surface area contributed by atoms with E-state index in [9.17, 15) is 22.8 Å². The number of carbonyl (C=O) groups is 2. The SMILES string of the molecule is COC(=O)Nc1nc2ccc(CCNC(=O)Nc3c(C)c(F)c(F)c(F)c3Cl)cc2[nH]1. The lowest BCUT2D eigenvalue weighted by Crippen LogP contribution is -2.31. The normalized spacial score (nSPS) is 10.8. The summed E-state index contributed by atoms with van der Waals surface area (Å²) in [4.78, 5) is 30.4.